The number of H-pyrrole nitrogens is 1. The first-order valence-electron chi connectivity index (χ1n) is 22.1. The molecule has 0 unspecified atom stereocenters. The Kier molecular flexibility index (Phi) is 16.6. The van der Waals surface area contributed by atoms with E-state index in [1.807, 2.05) is 91.3 Å². The topological polar surface area (TPSA) is 186 Å². The van der Waals surface area contributed by atoms with E-state index in [2.05, 4.69) is 25.9 Å². The van der Waals surface area contributed by atoms with Crippen LogP contribution in [0.15, 0.2) is 139 Å². The smallest absolute Gasteiger partial charge is 0.332 e. The van der Waals surface area contributed by atoms with E-state index in [0.717, 1.165) is 32.7 Å². The highest BCUT2D eigenvalue weighted by Gasteiger charge is 2.29. The van der Waals surface area contributed by atoms with Gasteiger partial charge in [0.15, 0.2) is 10.3 Å². The van der Waals surface area contributed by atoms with Crippen molar-refractivity contribution in [3.8, 4) is 16.3 Å². The number of aromatic nitrogens is 3. The van der Waals surface area contributed by atoms with E-state index in [9.17, 15) is 19.2 Å². The highest BCUT2D eigenvalue weighted by atomic mass is 35.5. The molecule has 3 heterocycles. The summed E-state index contributed by atoms with van der Waals surface area (Å²) in [5.74, 6) is -0.798. The Bertz CT molecular complexity index is 3060. The second kappa shape index (κ2) is 23.7. The molecule has 0 saturated heterocycles. The van der Waals surface area contributed by atoms with E-state index in [1.165, 1.54) is 27.6 Å². The van der Waals surface area contributed by atoms with Crippen LogP contribution in [-0.4, -0.2) is 83.6 Å². The van der Waals surface area contributed by atoms with E-state index in [0.29, 0.717) is 49.1 Å². The summed E-state index contributed by atoms with van der Waals surface area (Å²) in [7, 11) is 1.64. The van der Waals surface area contributed by atoms with Gasteiger partial charge in [0, 0.05) is 45.8 Å². The number of anilines is 4. The molecule has 0 bridgehead atoms. The number of ether oxygens (including phenoxy) is 4. The van der Waals surface area contributed by atoms with Crippen molar-refractivity contribution in [1.82, 2.24) is 19.9 Å². The molecule has 3 aromatic heterocycles. The predicted molar refractivity (Wildman–Crippen MR) is 273 cm³/mol. The molecule has 15 nitrogen and oxygen atoms in total. The van der Waals surface area contributed by atoms with Gasteiger partial charge in [-0.05, 0) is 72.1 Å². The number of carbonyl (C=O) groups excluding carboxylic acids is 4. The number of likely N-dealkylation sites (N-methyl/N-ethyl adjacent to an activating group) is 1. The van der Waals surface area contributed by atoms with Crippen LogP contribution in [0.25, 0.3) is 21.5 Å². The molecule has 0 saturated carbocycles. The lowest BCUT2D eigenvalue weighted by Gasteiger charge is -2.28. The van der Waals surface area contributed by atoms with Crippen LogP contribution in [0.4, 0.5) is 21.6 Å². The van der Waals surface area contributed by atoms with E-state index >= 15 is 0 Å². The lowest BCUT2D eigenvalue weighted by Crippen LogP contribution is -2.39. The van der Waals surface area contributed by atoms with Gasteiger partial charge in [0.05, 0.1) is 48.2 Å². The summed E-state index contributed by atoms with van der Waals surface area (Å²) in [6.07, 6.45) is 1.95. The third kappa shape index (κ3) is 13.0. The SMILES string of the molecule is Cc1nc(NC(=O)c2ccccc2)sc1-c1csc(Nc2cc(Cl)ccc2OCCOCCOCC(=O)OCc2ccc(NC(=O)[C@H](c3ccccc3)N(C)C(=O)Cc3c[nH]c4ccccc34)cc2)n1. The molecule has 4 N–H and O–H groups in total. The normalized spacial score (nSPS) is 11.5. The Morgan fingerprint density at radius 1 is 0.800 bits per heavy atom. The molecule has 0 radical (unpaired) electrons. The Morgan fingerprint density at radius 2 is 1.53 bits per heavy atom. The molecule has 0 aliphatic rings. The van der Waals surface area contributed by atoms with E-state index < -0.39 is 12.0 Å². The molecule has 70 heavy (non-hydrogen) atoms. The molecule has 0 spiro atoms. The highest BCUT2D eigenvalue weighted by molar-refractivity contribution is 7.20. The minimum atomic E-state index is -0.880. The molecule has 358 valence electrons. The van der Waals surface area contributed by atoms with Gasteiger partial charge in [-0.2, -0.15) is 0 Å². The van der Waals surface area contributed by atoms with E-state index in [4.69, 9.17) is 35.5 Å². The minimum absolute atomic E-state index is 0.0102. The molecule has 18 heteroatoms. The van der Waals surface area contributed by atoms with Crippen molar-refractivity contribution in [3.63, 3.8) is 0 Å². The summed E-state index contributed by atoms with van der Waals surface area (Å²) in [6, 6.07) is 37.2. The fourth-order valence-corrected chi connectivity index (χ4v) is 9.19. The number of hydrogen-bond acceptors (Lipinski definition) is 13. The van der Waals surface area contributed by atoms with Crippen molar-refractivity contribution in [2.45, 2.75) is 26.0 Å². The van der Waals surface area contributed by atoms with E-state index in [1.54, 1.807) is 61.6 Å². The molecule has 0 aliphatic carbocycles. The van der Waals surface area contributed by atoms with Gasteiger partial charge in [0.25, 0.3) is 11.8 Å². The summed E-state index contributed by atoms with van der Waals surface area (Å²) in [5.41, 5.74) is 6.34. The number of nitrogens with zero attached hydrogens (tertiary/aromatic N) is 3. The number of thiazole rings is 2. The van der Waals surface area contributed by atoms with Crippen LogP contribution in [-0.2, 0) is 41.6 Å². The van der Waals surface area contributed by atoms with Crippen molar-refractivity contribution in [2.24, 2.45) is 0 Å². The second-order valence-electron chi connectivity index (χ2n) is 15.8. The van der Waals surface area contributed by atoms with Gasteiger partial charge in [0.2, 0.25) is 5.91 Å². The maximum atomic E-state index is 13.8. The molecule has 0 fully saturated rings. The first-order chi connectivity index (χ1) is 34.1. The predicted octanol–water partition coefficient (Wildman–Crippen LogP) is 10.2. The van der Waals surface area contributed by atoms with Gasteiger partial charge in [-0.1, -0.05) is 102 Å². The third-order valence-corrected chi connectivity index (χ3v) is 12.9. The number of amides is 3. The van der Waals surface area contributed by atoms with Gasteiger partial charge in [-0.3, -0.25) is 19.7 Å². The first-order valence-corrected chi connectivity index (χ1v) is 24.2. The number of rotatable bonds is 22. The number of nitrogens with one attached hydrogen (secondary N) is 4. The van der Waals surface area contributed by atoms with Crippen molar-refractivity contribution >= 4 is 90.5 Å². The lowest BCUT2D eigenvalue weighted by atomic mass is 10.0. The zero-order valence-corrected chi connectivity index (χ0v) is 40.5. The van der Waals surface area contributed by atoms with Crippen LogP contribution in [0, 0.1) is 6.92 Å². The number of esters is 1. The molecule has 5 aromatic carbocycles. The number of aryl methyl sites for hydroxylation is 1. The number of carbonyl (C=O) groups is 4. The summed E-state index contributed by atoms with van der Waals surface area (Å²) < 4.78 is 22.5. The molecule has 0 aliphatic heterocycles. The van der Waals surface area contributed by atoms with Crippen molar-refractivity contribution < 1.29 is 38.1 Å². The molecule has 3 amide bonds. The lowest BCUT2D eigenvalue weighted by molar-refractivity contribution is -0.150. The van der Waals surface area contributed by atoms with Crippen LogP contribution in [0.2, 0.25) is 5.02 Å². The molecule has 1 atom stereocenters. The fraction of sp³-hybridized carbons (Fsp3) is 0.192. The van der Waals surface area contributed by atoms with Crippen molar-refractivity contribution in [1.29, 1.82) is 0 Å². The van der Waals surface area contributed by atoms with Crippen LogP contribution >= 0.6 is 34.3 Å². The van der Waals surface area contributed by atoms with Crippen molar-refractivity contribution in [3.05, 3.63) is 172 Å². The Morgan fingerprint density at radius 3 is 2.33 bits per heavy atom. The van der Waals surface area contributed by atoms with Gasteiger partial charge in [-0.15, -0.1) is 11.3 Å². The van der Waals surface area contributed by atoms with Gasteiger partial charge < -0.3 is 39.5 Å². The number of hydrogen-bond donors (Lipinski definition) is 4. The van der Waals surface area contributed by atoms with Gasteiger partial charge in [-0.25, -0.2) is 14.8 Å². The quantitative estimate of drug-likeness (QED) is 0.0374. The number of fused-ring (bicyclic) bond motifs is 1. The zero-order chi connectivity index (χ0) is 48.8. The molecular formula is C52H48ClN7O8S2. The first kappa shape index (κ1) is 49.0. The van der Waals surface area contributed by atoms with Crippen molar-refractivity contribution in [2.75, 3.05) is 56.0 Å². The van der Waals surface area contributed by atoms with Crippen LogP contribution in [0.1, 0.15) is 38.8 Å². The third-order valence-electron chi connectivity index (χ3n) is 10.8. The van der Waals surface area contributed by atoms with Gasteiger partial charge in [0.1, 0.15) is 31.6 Å². The zero-order valence-electron chi connectivity index (χ0n) is 38.1. The van der Waals surface area contributed by atoms with Crippen LogP contribution < -0.4 is 20.7 Å². The summed E-state index contributed by atoms with van der Waals surface area (Å²) in [6.45, 7) is 2.51. The standard InChI is InChI=1S/C52H48ClN7O8S2/c1-33-48(70-52(55-33)59-49(63)36-13-7-4-8-14-36)43-32-69-51(58-43)57-42-28-38(53)19-22-44(42)67-26-25-65-23-24-66-31-46(62)68-30-34-17-20-39(21-18-34)56-50(64)47(35-11-5-3-6-12-35)60(2)45(61)27-37-29-54-41-16-10-9-15-40(37)41/h3-22,28-29,32,47,54H,23-27,30-31H2,1-2H3,(H,56,64)(H,57,58)(H,55,59,63)/t47-/m0/s1. The largest absolute Gasteiger partial charge is 0.489 e. The second-order valence-corrected chi connectivity index (χ2v) is 18.1. The number of para-hydroxylation sites is 1. The average molecular weight is 999 g/mol. The maximum Gasteiger partial charge on any atom is 0.332 e. The summed E-state index contributed by atoms with van der Waals surface area (Å²) in [4.78, 5) is 67.2. The van der Waals surface area contributed by atoms with E-state index in [-0.39, 0.29) is 63.8 Å². The number of halogens is 1. The average Bonchev–Trinajstić information content (AvgIpc) is 4.11. The minimum Gasteiger partial charge on any atom is -0.489 e. The molecule has 8 aromatic rings. The Balaban J connectivity index is 0.729. The van der Waals surface area contributed by atoms with Gasteiger partial charge >= 0.3 is 5.97 Å². The van der Waals surface area contributed by atoms with Crippen LogP contribution in [0.5, 0.6) is 5.75 Å². The Hall–Kier alpha value is -7.41. The fourth-order valence-electron chi connectivity index (χ4n) is 7.30. The monoisotopic (exact) mass is 997 g/mol. The molecular weight excluding hydrogens is 950 g/mol. The summed E-state index contributed by atoms with van der Waals surface area (Å²) >= 11 is 9.09. The molecule has 8 rings (SSSR count). The number of benzene rings is 5. The Labute approximate surface area is 416 Å². The number of aromatic amines is 1. The maximum absolute atomic E-state index is 13.8. The summed E-state index contributed by atoms with van der Waals surface area (Å²) in [5, 5.41) is 13.6. The van der Waals surface area contributed by atoms with Crippen LogP contribution in [0.3, 0.4) is 0 Å². The highest BCUT2D eigenvalue weighted by Crippen LogP contribution is 2.37.